The molecule has 0 bridgehead atoms. The van der Waals surface area contributed by atoms with Crippen LogP contribution in [0.15, 0.2) is 24.3 Å². The van der Waals surface area contributed by atoms with Crippen LogP contribution in [-0.2, 0) is 20.5 Å². The van der Waals surface area contributed by atoms with Crippen molar-refractivity contribution < 1.29 is 50.6 Å². The third kappa shape index (κ3) is 11.6. The summed E-state index contributed by atoms with van der Waals surface area (Å²) in [4.78, 5) is 20.9. The molecule has 0 heterocycles. The van der Waals surface area contributed by atoms with Crippen LogP contribution in [0.5, 0.6) is 5.75 Å². The summed E-state index contributed by atoms with van der Waals surface area (Å²) >= 11 is 0. The Morgan fingerprint density at radius 1 is 0.879 bits per heavy atom. The summed E-state index contributed by atoms with van der Waals surface area (Å²) in [6, 6.07) is 5.62. The average molecular weight is 506 g/mol. The van der Waals surface area contributed by atoms with E-state index in [1.807, 2.05) is 0 Å². The van der Waals surface area contributed by atoms with E-state index < -0.39 is 26.2 Å². The second-order valence-electron chi connectivity index (χ2n) is 7.77. The summed E-state index contributed by atoms with van der Waals surface area (Å²) in [5.41, 5.74) is 0.361. The fraction of sp³-hybridized carbons (Fsp3) is 0.714. The molecule has 1 atom stereocenters. The Balaban J connectivity index is 2.66. The maximum Gasteiger partial charge on any atom is 0.497 e. The number of phosphoric acid groups is 1. The number of alkyl halides is 5. The lowest BCUT2D eigenvalue weighted by Crippen LogP contribution is -2.51. The van der Waals surface area contributed by atoms with E-state index in [9.17, 15) is 26.5 Å². The van der Waals surface area contributed by atoms with Crippen LogP contribution in [0, 0.1) is 0 Å². The number of unbranched alkanes of at least 4 members (excludes halogenated alkanes) is 9. The van der Waals surface area contributed by atoms with E-state index in [1.54, 1.807) is 6.07 Å². The van der Waals surface area contributed by atoms with Crippen molar-refractivity contribution in [3.05, 3.63) is 29.8 Å². The predicted octanol–water partition coefficient (Wildman–Crippen LogP) is 7.09. The zero-order chi connectivity index (χ0) is 25.0. The third-order valence-electron chi connectivity index (χ3n) is 4.91. The Morgan fingerprint density at radius 3 is 1.91 bits per heavy atom. The monoisotopic (exact) mass is 506 g/mol. The summed E-state index contributed by atoms with van der Waals surface area (Å²) in [6.07, 6.45) is 1.56. The molecule has 0 spiro atoms. The highest BCUT2D eigenvalue weighted by Crippen LogP contribution is 2.43. The molecule has 0 saturated carbocycles. The van der Waals surface area contributed by atoms with Crippen molar-refractivity contribution in [2.75, 3.05) is 0 Å². The molecule has 33 heavy (non-hydrogen) atoms. The Labute approximate surface area is 190 Å². The largest absolute Gasteiger partial charge is 0.497 e. The van der Waals surface area contributed by atoms with E-state index in [0.29, 0.717) is 18.4 Å². The Morgan fingerprint density at radius 2 is 1.39 bits per heavy atom. The van der Waals surface area contributed by atoms with Crippen LogP contribution in [0.25, 0.3) is 0 Å². The lowest BCUT2D eigenvalue weighted by atomic mass is 10.0. The van der Waals surface area contributed by atoms with Crippen molar-refractivity contribution in [1.82, 2.24) is 0 Å². The first-order valence-electron chi connectivity index (χ1n) is 11.0. The molecule has 0 fully saturated rings. The van der Waals surface area contributed by atoms with E-state index in [0.717, 1.165) is 25.7 Å². The van der Waals surface area contributed by atoms with E-state index in [2.05, 4.69) is 16.5 Å². The van der Waals surface area contributed by atoms with Gasteiger partial charge in [-0.3, -0.25) is 0 Å². The molecule has 1 unspecified atom stereocenters. The average Bonchev–Trinajstić information content (AvgIpc) is 2.71. The molecule has 0 amide bonds. The second kappa shape index (κ2) is 14.2. The fourth-order valence-corrected chi connectivity index (χ4v) is 3.32. The standard InChI is InChI=1S/C21H32F5O6P/c1-2-3-4-5-6-7-8-9-10-11-14-17-15-12-13-16-18(17)30-19(31-32-33(27,28)29)20(22,23)21(24,25)26/h12-13,15-16,19H,2-11,14H2,1H3,(H2,27,28,29). The number of rotatable bonds is 17. The normalized spacial score (nSPS) is 13.8. The minimum absolute atomic E-state index is 0.323. The van der Waals surface area contributed by atoms with Crippen LogP contribution in [-0.4, -0.2) is 28.2 Å². The zero-order valence-corrected chi connectivity index (χ0v) is 19.4. The molecular weight excluding hydrogens is 474 g/mol. The van der Waals surface area contributed by atoms with E-state index in [-0.39, 0.29) is 5.75 Å². The van der Waals surface area contributed by atoms with E-state index in [1.165, 1.54) is 50.3 Å². The first-order valence-corrected chi connectivity index (χ1v) is 12.5. The molecule has 1 aromatic carbocycles. The Kier molecular flexibility index (Phi) is 12.8. The molecule has 0 aromatic heterocycles. The van der Waals surface area contributed by atoms with Crippen molar-refractivity contribution in [2.45, 2.75) is 95.9 Å². The highest BCUT2D eigenvalue weighted by atomic mass is 31.2. The van der Waals surface area contributed by atoms with Gasteiger partial charge in [-0.15, -0.1) is 4.67 Å². The van der Waals surface area contributed by atoms with Crippen molar-refractivity contribution in [2.24, 2.45) is 0 Å². The van der Waals surface area contributed by atoms with Gasteiger partial charge in [0.2, 0.25) is 0 Å². The predicted molar refractivity (Wildman–Crippen MR) is 112 cm³/mol. The van der Waals surface area contributed by atoms with Gasteiger partial charge in [0.05, 0.1) is 0 Å². The van der Waals surface area contributed by atoms with Crippen LogP contribution in [0.2, 0.25) is 0 Å². The molecule has 0 saturated heterocycles. The summed E-state index contributed by atoms with van der Waals surface area (Å²) in [6.45, 7) is 2.16. The number of ether oxygens (including phenoxy) is 1. The maximum absolute atomic E-state index is 13.8. The highest BCUT2D eigenvalue weighted by Gasteiger charge is 2.66. The van der Waals surface area contributed by atoms with Gasteiger partial charge in [0.15, 0.2) is 0 Å². The van der Waals surface area contributed by atoms with Gasteiger partial charge in [-0.25, -0.2) is 4.57 Å². The topological polar surface area (TPSA) is 85.2 Å². The molecule has 0 aliphatic heterocycles. The fourth-order valence-electron chi connectivity index (χ4n) is 3.13. The number of benzene rings is 1. The van der Waals surface area contributed by atoms with Gasteiger partial charge < -0.3 is 14.5 Å². The molecule has 0 radical (unpaired) electrons. The number of aryl methyl sites for hydroxylation is 1. The maximum atomic E-state index is 13.8. The number of para-hydroxylation sites is 1. The molecule has 0 aliphatic carbocycles. The van der Waals surface area contributed by atoms with Crippen LogP contribution >= 0.6 is 7.82 Å². The summed E-state index contributed by atoms with van der Waals surface area (Å²) in [5, 5.41) is 0. The molecule has 6 nitrogen and oxygen atoms in total. The minimum atomic E-state index is -6.11. The second-order valence-corrected chi connectivity index (χ2v) is 8.90. The highest BCUT2D eigenvalue weighted by molar-refractivity contribution is 7.46. The summed E-state index contributed by atoms with van der Waals surface area (Å²) < 4.78 is 84.8. The molecule has 0 aliphatic rings. The van der Waals surface area contributed by atoms with Gasteiger partial charge >= 0.3 is 26.2 Å². The SMILES string of the molecule is CCCCCCCCCCCCc1ccccc1OC(OOP(=O)(O)O)C(F)(F)C(F)(F)F. The van der Waals surface area contributed by atoms with Crippen LogP contribution in [0.1, 0.15) is 76.7 Å². The molecule has 192 valence electrons. The lowest BCUT2D eigenvalue weighted by Gasteiger charge is -2.28. The van der Waals surface area contributed by atoms with Crippen molar-refractivity contribution in [1.29, 1.82) is 0 Å². The first-order chi connectivity index (χ1) is 15.4. The van der Waals surface area contributed by atoms with Gasteiger partial charge in [-0.05, 0) is 24.5 Å². The van der Waals surface area contributed by atoms with Crippen molar-refractivity contribution in [3.63, 3.8) is 0 Å². The van der Waals surface area contributed by atoms with E-state index >= 15 is 0 Å². The number of hydrogen-bond donors (Lipinski definition) is 2. The van der Waals surface area contributed by atoms with Crippen molar-refractivity contribution in [3.8, 4) is 5.75 Å². The molecule has 1 aromatic rings. The Hall–Kier alpha value is -1.26. The van der Waals surface area contributed by atoms with Crippen LogP contribution in [0.3, 0.4) is 0 Å². The van der Waals surface area contributed by atoms with Crippen LogP contribution in [0.4, 0.5) is 22.0 Å². The third-order valence-corrected chi connectivity index (χ3v) is 5.19. The van der Waals surface area contributed by atoms with Gasteiger partial charge in [-0.2, -0.15) is 26.8 Å². The van der Waals surface area contributed by atoms with Gasteiger partial charge in [-0.1, -0.05) is 82.9 Å². The van der Waals surface area contributed by atoms with E-state index in [4.69, 9.17) is 14.5 Å². The quantitative estimate of drug-likeness (QED) is 0.0586. The first kappa shape index (κ1) is 29.8. The molecule has 2 N–H and O–H groups in total. The van der Waals surface area contributed by atoms with Crippen molar-refractivity contribution >= 4 is 7.82 Å². The zero-order valence-electron chi connectivity index (χ0n) is 18.5. The lowest BCUT2D eigenvalue weighted by molar-refractivity contribution is -0.411. The summed E-state index contributed by atoms with van der Waals surface area (Å²) in [5.74, 6) is -5.93. The number of hydrogen-bond acceptors (Lipinski definition) is 4. The molecule has 12 heteroatoms. The van der Waals surface area contributed by atoms with Gasteiger partial charge in [0, 0.05) is 0 Å². The Bertz CT molecular complexity index is 725. The summed E-state index contributed by atoms with van der Waals surface area (Å²) in [7, 11) is -5.50. The molecule has 1 rings (SSSR count). The van der Waals surface area contributed by atoms with Gasteiger partial charge in [0.1, 0.15) is 5.75 Å². The van der Waals surface area contributed by atoms with Crippen LogP contribution < -0.4 is 4.74 Å². The minimum Gasteiger partial charge on any atom is -0.455 e. The van der Waals surface area contributed by atoms with Gasteiger partial charge in [0.25, 0.3) is 0 Å². The number of halogens is 5. The smallest absolute Gasteiger partial charge is 0.455 e. The molecular formula is C21H32F5O6P.